The first kappa shape index (κ1) is 22.6. The van der Waals surface area contributed by atoms with Crippen LogP contribution in [-0.4, -0.2) is 47.2 Å². The van der Waals surface area contributed by atoms with E-state index < -0.39 is 40.6 Å². The van der Waals surface area contributed by atoms with E-state index in [0.717, 1.165) is 0 Å². The predicted octanol–water partition coefficient (Wildman–Crippen LogP) is 5.70. The Hall–Kier alpha value is 0.534. The van der Waals surface area contributed by atoms with Crippen molar-refractivity contribution < 1.29 is 18.0 Å². The van der Waals surface area contributed by atoms with Gasteiger partial charge in [0.1, 0.15) is 12.2 Å². The van der Waals surface area contributed by atoms with E-state index in [-0.39, 0.29) is 10.1 Å². The molecule has 1 saturated heterocycles. The van der Waals surface area contributed by atoms with Crippen molar-refractivity contribution in [3.05, 3.63) is 0 Å². The van der Waals surface area contributed by atoms with E-state index in [1.807, 2.05) is 0 Å². The molecule has 0 aromatic rings. The van der Waals surface area contributed by atoms with E-state index in [1.165, 1.54) is 0 Å². The Morgan fingerprint density at radius 3 is 1.83 bits per heavy atom. The lowest BCUT2D eigenvalue weighted by atomic mass is 10.2. The SMILES string of the molecule is CC(C)(C)[Si](C)(C)OC[C@H]1OC(Cl)C(F)C1O[Si](C)(C)C(C)(C)C. The Balaban J connectivity index is 2.86. The highest BCUT2D eigenvalue weighted by molar-refractivity contribution is 6.74. The molecular formula is C17H36ClFO3Si2. The third-order valence-corrected chi connectivity index (χ3v) is 15.2. The van der Waals surface area contributed by atoms with Gasteiger partial charge in [-0.1, -0.05) is 53.1 Å². The van der Waals surface area contributed by atoms with E-state index in [9.17, 15) is 4.39 Å². The standard InChI is InChI=1S/C17H36ClFO3Si2/c1-16(2,3)23(7,8)20-11-12-14(13(19)15(18)21-12)22-24(9,10)17(4,5)6/h12-15H,11H2,1-10H3/t12-,13?,14?,15?/m1/s1. The molecule has 0 N–H and O–H groups in total. The Kier molecular flexibility index (Phi) is 6.84. The largest absolute Gasteiger partial charge is 0.414 e. The van der Waals surface area contributed by atoms with Crippen molar-refractivity contribution >= 4 is 28.2 Å². The highest BCUT2D eigenvalue weighted by atomic mass is 35.5. The summed E-state index contributed by atoms with van der Waals surface area (Å²) in [6.45, 7) is 21.9. The first-order chi connectivity index (χ1) is 10.5. The molecule has 0 radical (unpaired) electrons. The van der Waals surface area contributed by atoms with Gasteiger partial charge in [-0.3, -0.25) is 0 Å². The number of hydrogen-bond donors (Lipinski definition) is 0. The number of alkyl halides is 2. The molecule has 144 valence electrons. The van der Waals surface area contributed by atoms with Crippen molar-refractivity contribution in [1.29, 1.82) is 0 Å². The lowest BCUT2D eigenvalue weighted by molar-refractivity contribution is 0.00229. The summed E-state index contributed by atoms with van der Waals surface area (Å²) in [5, 5.41) is 0.0961. The molecule has 7 heteroatoms. The molecule has 3 unspecified atom stereocenters. The van der Waals surface area contributed by atoms with Crippen LogP contribution in [-0.2, 0) is 13.6 Å². The molecule has 0 amide bonds. The molecule has 1 fully saturated rings. The van der Waals surface area contributed by atoms with Gasteiger partial charge in [0, 0.05) is 0 Å². The van der Waals surface area contributed by atoms with Crippen molar-refractivity contribution in [1.82, 2.24) is 0 Å². The molecule has 0 saturated carbocycles. The van der Waals surface area contributed by atoms with Gasteiger partial charge in [0.05, 0.1) is 6.61 Å². The van der Waals surface area contributed by atoms with Crippen LogP contribution in [0.2, 0.25) is 36.3 Å². The summed E-state index contributed by atoms with van der Waals surface area (Å²) in [6, 6.07) is 0. The average molecular weight is 399 g/mol. The van der Waals surface area contributed by atoms with Gasteiger partial charge in [-0.15, -0.1) is 0 Å². The van der Waals surface area contributed by atoms with Gasteiger partial charge in [0.15, 0.2) is 28.4 Å². The topological polar surface area (TPSA) is 27.7 Å². The summed E-state index contributed by atoms with van der Waals surface area (Å²) in [4.78, 5) is 0. The fraction of sp³-hybridized carbons (Fsp3) is 1.00. The normalized spacial score (nSPS) is 30.0. The van der Waals surface area contributed by atoms with Gasteiger partial charge in [0.25, 0.3) is 0 Å². The minimum absolute atomic E-state index is 0.00194. The zero-order valence-corrected chi connectivity index (χ0v) is 19.8. The van der Waals surface area contributed by atoms with E-state index >= 15 is 0 Å². The Bertz CT molecular complexity index is 433. The van der Waals surface area contributed by atoms with E-state index in [4.69, 9.17) is 25.2 Å². The second kappa shape index (κ2) is 7.27. The molecule has 4 atom stereocenters. The van der Waals surface area contributed by atoms with Gasteiger partial charge < -0.3 is 13.6 Å². The van der Waals surface area contributed by atoms with Crippen LogP contribution in [0.3, 0.4) is 0 Å². The molecule has 0 aliphatic carbocycles. The maximum Gasteiger partial charge on any atom is 0.192 e. The van der Waals surface area contributed by atoms with Crippen LogP contribution in [0.1, 0.15) is 41.5 Å². The van der Waals surface area contributed by atoms with Crippen LogP contribution >= 0.6 is 11.6 Å². The van der Waals surface area contributed by atoms with Crippen LogP contribution in [0.25, 0.3) is 0 Å². The maximum atomic E-state index is 14.6. The van der Waals surface area contributed by atoms with Gasteiger partial charge in [-0.05, 0) is 36.3 Å². The first-order valence-corrected chi connectivity index (χ1v) is 15.0. The molecule has 1 rings (SSSR count). The minimum atomic E-state index is -2.12. The molecule has 3 nitrogen and oxygen atoms in total. The molecule has 1 aliphatic heterocycles. The summed E-state index contributed by atoms with van der Waals surface area (Å²) in [7, 11) is -4.05. The second-order valence-corrected chi connectivity index (χ2v) is 19.9. The molecule has 0 bridgehead atoms. The zero-order chi connectivity index (χ0) is 19.1. The smallest absolute Gasteiger partial charge is 0.192 e. The summed E-state index contributed by atoms with van der Waals surface area (Å²) in [5.74, 6) is 0. The second-order valence-electron chi connectivity index (χ2n) is 9.88. The predicted molar refractivity (Wildman–Crippen MR) is 105 cm³/mol. The summed E-state index contributed by atoms with van der Waals surface area (Å²) >= 11 is 6.03. The van der Waals surface area contributed by atoms with Crippen LogP contribution in [0.4, 0.5) is 4.39 Å². The quantitative estimate of drug-likeness (QED) is 0.439. The first-order valence-electron chi connectivity index (χ1n) is 8.75. The highest BCUT2D eigenvalue weighted by Crippen LogP contribution is 2.42. The monoisotopic (exact) mass is 398 g/mol. The van der Waals surface area contributed by atoms with E-state index in [2.05, 4.69) is 67.7 Å². The fourth-order valence-electron chi connectivity index (χ4n) is 1.97. The van der Waals surface area contributed by atoms with Crippen LogP contribution in [0.15, 0.2) is 0 Å². The van der Waals surface area contributed by atoms with Crippen molar-refractivity contribution in [3.8, 4) is 0 Å². The number of ether oxygens (including phenoxy) is 1. The molecule has 1 aliphatic rings. The Morgan fingerprint density at radius 1 is 0.958 bits per heavy atom. The maximum absolute atomic E-state index is 14.6. The highest BCUT2D eigenvalue weighted by Gasteiger charge is 2.51. The van der Waals surface area contributed by atoms with Gasteiger partial charge in [-0.25, -0.2) is 4.39 Å². The van der Waals surface area contributed by atoms with Gasteiger partial charge in [0.2, 0.25) is 0 Å². The Morgan fingerprint density at radius 2 is 1.42 bits per heavy atom. The Labute approximate surface area is 154 Å². The molecule has 0 aromatic heterocycles. The number of rotatable bonds is 5. The molecular weight excluding hydrogens is 363 g/mol. The average Bonchev–Trinajstić information content (AvgIpc) is 2.61. The van der Waals surface area contributed by atoms with Crippen molar-refractivity contribution in [3.63, 3.8) is 0 Å². The van der Waals surface area contributed by atoms with Crippen LogP contribution in [0.5, 0.6) is 0 Å². The van der Waals surface area contributed by atoms with Crippen molar-refractivity contribution in [2.24, 2.45) is 0 Å². The van der Waals surface area contributed by atoms with Gasteiger partial charge in [-0.2, -0.15) is 0 Å². The molecule has 0 aromatic carbocycles. The third kappa shape index (κ3) is 5.04. The summed E-state index contributed by atoms with van der Waals surface area (Å²) in [5.41, 5.74) is -0.965. The van der Waals surface area contributed by atoms with Gasteiger partial charge >= 0.3 is 0 Å². The molecule has 1 heterocycles. The third-order valence-electron chi connectivity index (χ3n) is 5.89. The lowest BCUT2D eigenvalue weighted by Gasteiger charge is -2.40. The minimum Gasteiger partial charge on any atom is -0.414 e. The number of halogens is 2. The summed E-state index contributed by atoms with van der Waals surface area (Å²) < 4.78 is 32.8. The van der Waals surface area contributed by atoms with E-state index in [1.54, 1.807) is 0 Å². The van der Waals surface area contributed by atoms with Crippen molar-refractivity contribution in [2.75, 3.05) is 6.61 Å². The molecule has 0 spiro atoms. The number of hydrogen-bond acceptors (Lipinski definition) is 3. The lowest BCUT2D eigenvalue weighted by Crippen LogP contribution is -2.50. The summed E-state index contributed by atoms with van der Waals surface area (Å²) in [6.07, 6.45) is -2.43. The zero-order valence-electron chi connectivity index (χ0n) is 17.0. The van der Waals surface area contributed by atoms with E-state index in [0.29, 0.717) is 6.61 Å². The van der Waals surface area contributed by atoms with Crippen LogP contribution < -0.4 is 0 Å². The molecule has 24 heavy (non-hydrogen) atoms. The van der Waals surface area contributed by atoms with Crippen molar-refractivity contribution in [2.45, 2.75) is 102 Å². The van der Waals surface area contributed by atoms with Crippen LogP contribution in [0, 0.1) is 0 Å². The fourth-order valence-corrected chi connectivity index (χ4v) is 4.58.